The van der Waals surface area contributed by atoms with E-state index in [0.717, 1.165) is 23.3 Å². The summed E-state index contributed by atoms with van der Waals surface area (Å²) in [7, 11) is 1.60. The van der Waals surface area contributed by atoms with Crippen LogP contribution >= 0.6 is 34.8 Å². The quantitative estimate of drug-likeness (QED) is 0.590. The highest BCUT2D eigenvalue weighted by Gasteiger charge is 2.28. The summed E-state index contributed by atoms with van der Waals surface area (Å²) in [6, 6.07) is 11.2. The normalized spacial score (nSPS) is 11.3. The molecule has 27 heavy (non-hydrogen) atoms. The highest BCUT2D eigenvalue weighted by Crippen LogP contribution is 2.36. The van der Waals surface area contributed by atoms with Crippen molar-refractivity contribution in [2.45, 2.75) is 10.2 Å². The zero-order valence-electron chi connectivity index (χ0n) is 14.4. The van der Waals surface area contributed by atoms with Crippen molar-refractivity contribution in [2.75, 3.05) is 19.0 Å². The molecule has 0 spiro atoms. The van der Waals surface area contributed by atoms with Crippen molar-refractivity contribution in [1.82, 2.24) is 19.9 Å². The molecule has 0 amide bonds. The van der Waals surface area contributed by atoms with E-state index in [1.54, 1.807) is 13.3 Å². The van der Waals surface area contributed by atoms with Crippen molar-refractivity contribution >= 4 is 40.8 Å². The molecule has 1 N–H and O–H groups in total. The lowest BCUT2D eigenvalue weighted by molar-refractivity contribution is 0.415. The molecule has 0 radical (unpaired) electrons. The lowest BCUT2D eigenvalue weighted by Crippen LogP contribution is -2.15. The summed E-state index contributed by atoms with van der Waals surface area (Å²) < 4.78 is 3.41. The van der Waals surface area contributed by atoms with E-state index in [1.165, 1.54) is 0 Å². The van der Waals surface area contributed by atoms with Gasteiger partial charge in [0.05, 0.1) is 7.11 Å². The molecule has 0 saturated heterocycles. The van der Waals surface area contributed by atoms with Crippen LogP contribution in [-0.4, -0.2) is 33.6 Å². The number of rotatable bonds is 6. The first-order valence-corrected chi connectivity index (χ1v) is 9.19. The van der Waals surface area contributed by atoms with E-state index in [4.69, 9.17) is 39.5 Å². The third kappa shape index (κ3) is 5.42. The molecular formula is C18H16Cl3N5O. The van der Waals surface area contributed by atoms with Crippen LogP contribution in [0.5, 0.6) is 5.75 Å². The second-order valence-corrected chi connectivity index (χ2v) is 7.85. The van der Waals surface area contributed by atoms with Crippen LogP contribution in [0, 0.1) is 0 Å². The fraction of sp³-hybridized carbons (Fsp3) is 0.222. The predicted octanol–water partition coefficient (Wildman–Crippen LogP) is 4.42. The number of methoxy groups -OCH3 is 1. The molecule has 3 aromatic rings. The Bertz CT molecular complexity index is 886. The maximum Gasteiger partial charge on any atom is 0.250 e. The Morgan fingerprint density at radius 2 is 1.81 bits per heavy atom. The Balaban J connectivity index is 1.84. The first-order valence-electron chi connectivity index (χ1n) is 8.06. The van der Waals surface area contributed by atoms with Gasteiger partial charge in [-0.2, -0.15) is 9.97 Å². The SMILES string of the molecule is COc1ccc(-c2nc(NCCc3cccnc3)nc(C(Cl)(Cl)Cl)n2)cc1. The summed E-state index contributed by atoms with van der Waals surface area (Å²) in [6.07, 6.45) is 4.29. The molecule has 9 heteroatoms. The minimum Gasteiger partial charge on any atom is -0.497 e. The van der Waals surface area contributed by atoms with Crippen molar-refractivity contribution in [3.63, 3.8) is 0 Å². The summed E-state index contributed by atoms with van der Waals surface area (Å²) in [4.78, 5) is 17.0. The van der Waals surface area contributed by atoms with E-state index in [0.29, 0.717) is 18.3 Å². The molecule has 0 saturated carbocycles. The third-order valence-corrected chi connectivity index (χ3v) is 4.16. The van der Waals surface area contributed by atoms with E-state index in [2.05, 4.69) is 25.3 Å². The largest absolute Gasteiger partial charge is 0.497 e. The van der Waals surface area contributed by atoms with Crippen LogP contribution < -0.4 is 10.1 Å². The molecule has 3 rings (SSSR count). The zero-order chi connectivity index (χ0) is 19.3. The summed E-state index contributed by atoms with van der Waals surface area (Å²) in [5.74, 6) is 1.51. The third-order valence-electron chi connectivity index (χ3n) is 3.66. The van der Waals surface area contributed by atoms with Crippen molar-refractivity contribution in [1.29, 1.82) is 0 Å². The van der Waals surface area contributed by atoms with Gasteiger partial charge in [0.1, 0.15) is 5.75 Å². The molecule has 0 atom stereocenters. The molecule has 2 aromatic heterocycles. The molecule has 0 aliphatic heterocycles. The van der Waals surface area contributed by atoms with Gasteiger partial charge in [-0.3, -0.25) is 4.98 Å². The van der Waals surface area contributed by atoms with Gasteiger partial charge in [-0.1, -0.05) is 40.9 Å². The molecule has 1 aromatic carbocycles. The standard InChI is InChI=1S/C18H16Cl3N5O/c1-27-14-6-4-13(5-7-14)15-24-16(18(19,20)21)26-17(25-15)23-10-8-12-3-2-9-22-11-12/h2-7,9,11H,8,10H2,1H3,(H,23,24,25,26). The van der Waals surface area contributed by atoms with E-state index >= 15 is 0 Å². The number of pyridine rings is 1. The van der Waals surface area contributed by atoms with E-state index < -0.39 is 3.79 Å². The minimum absolute atomic E-state index is 0.0530. The van der Waals surface area contributed by atoms with Gasteiger partial charge in [0.2, 0.25) is 9.74 Å². The van der Waals surface area contributed by atoms with E-state index in [-0.39, 0.29) is 5.82 Å². The van der Waals surface area contributed by atoms with Crippen LogP contribution in [0.1, 0.15) is 11.4 Å². The molecule has 0 unspecified atom stereocenters. The minimum atomic E-state index is -1.76. The predicted molar refractivity (Wildman–Crippen MR) is 107 cm³/mol. The smallest absolute Gasteiger partial charge is 0.250 e. The van der Waals surface area contributed by atoms with Gasteiger partial charge in [0.25, 0.3) is 0 Å². The Hall–Kier alpha value is -2.15. The average molecular weight is 425 g/mol. The molecule has 0 fully saturated rings. The van der Waals surface area contributed by atoms with Crippen molar-refractivity contribution in [3.8, 4) is 17.1 Å². The molecular weight excluding hydrogens is 409 g/mol. The summed E-state index contributed by atoms with van der Waals surface area (Å²) in [5, 5.41) is 3.15. The Kier molecular flexibility index (Phi) is 6.31. The fourth-order valence-corrected chi connectivity index (χ4v) is 2.57. The van der Waals surface area contributed by atoms with Crippen LogP contribution in [-0.2, 0) is 10.2 Å². The Labute approximate surface area is 171 Å². The van der Waals surface area contributed by atoms with Crippen LogP contribution in [0.15, 0.2) is 48.8 Å². The maximum absolute atomic E-state index is 5.99. The number of hydrogen-bond donors (Lipinski definition) is 1. The molecule has 140 valence electrons. The van der Waals surface area contributed by atoms with Crippen LogP contribution in [0.25, 0.3) is 11.4 Å². The van der Waals surface area contributed by atoms with Gasteiger partial charge >= 0.3 is 0 Å². The topological polar surface area (TPSA) is 72.8 Å². The summed E-state index contributed by atoms with van der Waals surface area (Å²) >= 11 is 18.0. The lowest BCUT2D eigenvalue weighted by atomic mass is 10.2. The van der Waals surface area contributed by atoms with Crippen LogP contribution in [0.2, 0.25) is 0 Å². The number of hydrogen-bond acceptors (Lipinski definition) is 6. The molecule has 6 nitrogen and oxygen atoms in total. The number of aromatic nitrogens is 4. The maximum atomic E-state index is 5.99. The van der Waals surface area contributed by atoms with Crippen LogP contribution in [0.4, 0.5) is 5.95 Å². The zero-order valence-corrected chi connectivity index (χ0v) is 16.6. The van der Waals surface area contributed by atoms with Gasteiger partial charge in [-0.05, 0) is 42.3 Å². The highest BCUT2D eigenvalue weighted by molar-refractivity contribution is 6.66. The number of nitrogens with zero attached hydrogens (tertiary/aromatic N) is 4. The molecule has 2 heterocycles. The number of benzene rings is 1. The van der Waals surface area contributed by atoms with Gasteiger partial charge in [0, 0.05) is 24.5 Å². The van der Waals surface area contributed by atoms with E-state index in [1.807, 2.05) is 42.6 Å². The summed E-state index contributed by atoms with van der Waals surface area (Å²) in [6.45, 7) is 0.594. The molecule has 0 aliphatic rings. The van der Waals surface area contributed by atoms with Gasteiger partial charge < -0.3 is 10.1 Å². The molecule has 0 aliphatic carbocycles. The van der Waals surface area contributed by atoms with Crippen molar-refractivity contribution in [3.05, 3.63) is 60.2 Å². The van der Waals surface area contributed by atoms with Gasteiger partial charge in [-0.15, -0.1) is 0 Å². The van der Waals surface area contributed by atoms with E-state index in [9.17, 15) is 0 Å². The van der Waals surface area contributed by atoms with Gasteiger partial charge in [-0.25, -0.2) is 4.98 Å². The summed E-state index contributed by atoms with van der Waals surface area (Å²) in [5.41, 5.74) is 1.85. The van der Waals surface area contributed by atoms with Crippen LogP contribution in [0.3, 0.4) is 0 Å². The fourth-order valence-electron chi connectivity index (χ4n) is 2.32. The highest BCUT2D eigenvalue weighted by atomic mass is 35.6. The second kappa shape index (κ2) is 8.69. The monoisotopic (exact) mass is 423 g/mol. The Morgan fingerprint density at radius 3 is 2.44 bits per heavy atom. The Morgan fingerprint density at radius 1 is 1.04 bits per heavy atom. The van der Waals surface area contributed by atoms with Gasteiger partial charge in [0.15, 0.2) is 11.6 Å². The number of alkyl halides is 3. The first-order chi connectivity index (χ1) is 13.0. The number of halogens is 3. The van der Waals surface area contributed by atoms with Crippen molar-refractivity contribution in [2.24, 2.45) is 0 Å². The second-order valence-electron chi connectivity index (χ2n) is 5.57. The van der Waals surface area contributed by atoms with Crippen molar-refractivity contribution < 1.29 is 4.74 Å². The lowest BCUT2D eigenvalue weighted by Gasteiger charge is -2.13. The number of nitrogens with one attached hydrogen (secondary N) is 1. The number of ether oxygens (including phenoxy) is 1. The average Bonchev–Trinajstić information content (AvgIpc) is 2.68. The molecule has 0 bridgehead atoms. The first kappa shape index (κ1) is 19.6. The number of anilines is 1.